The van der Waals surface area contributed by atoms with E-state index in [1.54, 1.807) is 0 Å². The maximum atomic E-state index is 8.59. The van der Waals surface area contributed by atoms with Gasteiger partial charge in [-0.3, -0.25) is 0 Å². The van der Waals surface area contributed by atoms with E-state index in [0.717, 1.165) is 0 Å². The Morgan fingerprint density at radius 3 is 0.636 bits per heavy atom. The summed E-state index contributed by atoms with van der Waals surface area (Å²) in [4.78, 5) is 0. The zero-order valence-corrected chi connectivity index (χ0v) is 11.7. The maximum absolute atomic E-state index is 8.59. The molecule has 0 aromatic rings. The summed E-state index contributed by atoms with van der Waals surface area (Å²) >= 11 is -11.5. The molecule has 0 N–H and O–H groups in total. The van der Waals surface area contributed by atoms with Crippen LogP contribution in [0.15, 0.2) is 0 Å². The average molecular weight is 374 g/mol. The first kappa shape index (κ1) is 18.4. The number of rotatable bonds is 0. The third kappa shape index (κ3) is 434. The van der Waals surface area contributed by atoms with Gasteiger partial charge >= 0.3 is 104 Å². The Hall–Kier alpha value is 1.56. The molecule has 0 aromatic carbocycles. The second-order valence-electron chi connectivity index (χ2n) is 0.816. The molecule has 0 aliphatic rings. The minimum absolute atomic E-state index is 0. The molecule has 0 amide bonds. The molecular weight excluding hydrogens is 374 g/mol. The quantitative estimate of drug-likeness (QED) is 0.379. The SMILES string of the molecule is O=[Se](=O)([O-])[O-].O=[Se](=O)([O-])[O-].[Sr+2]. The van der Waals surface area contributed by atoms with E-state index >= 15 is 0 Å². The van der Waals surface area contributed by atoms with E-state index < -0.39 is 26.7 Å². The monoisotopic (exact) mass is 376 g/mol. The Balaban J connectivity index is -0.000000107. The molecule has 11 heteroatoms. The normalized spacial score (nSPS) is 10.5. The summed E-state index contributed by atoms with van der Waals surface area (Å²) in [6.45, 7) is 0. The smallest absolute Gasteiger partial charge is 2.00 e. The molecule has 11 heavy (non-hydrogen) atoms. The van der Waals surface area contributed by atoms with Crippen LogP contribution in [0.5, 0.6) is 0 Å². The first-order valence-corrected chi connectivity index (χ1v) is 6.93. The fourth-order valence-corrected chi connectivity index (χ4v) is 0. The van der Waals surface area contributed by atoms with Gasteiger partial charge in [-0.2, -0.15) is 0 Å². The van der Waals surface area contributed by atoms with Gasteiger partial charge in [0.25, 0.3) is 0 Å². The number of hydrogen-bond acceptors (Lipinski definition) is 8. The van der Waals surface area contributed by atoms with Crippen molar-refractivity contribution in [3.8, 4) is 0 Å². The largest absolute Gasteiger partial charge is 2.00 e. The van der Waals surface area contributed by atoms with Crippen LogP contribution >= 0.6 is 0 Å². The Labute approximate surface area is 103 Å². The van der Waals surface area contributed by atoms with Crippen LogP contribution in [-0.2, 0) is 15.3 Å². The minimum atomic E-state index is -5.75. The predicted molar refractivity (Wildman–Crippen MR) is 20.0 cm³/mol. The molecule has 0 atom stereocenters. The van der Waals surface area contributed by atoms with Gasteiger partial charge in [-0.05, 0) is 0 Å². The molecule has 0 saturated heterocycles. The molecular formula is O8Se2Sr-2. The van der Waals surface area contributed by atoms with E-state index in [1.165, 1.54) is 0 Å². The topological polar surface area (TPSA) is 161 Å². The second-order valence-corrected chi connectivity index (χ2v) is 4.24. The van der Waals surface area contributed by atoms with Gasteiger partial charge in [0.2, 0.25) is 0 Å². The Kier molecular flexibility index (Phi) is 11.7. The van der Waals surface area contributed by atoms with Crippen molar-refractivity contribution in [2.45, 2.75) is 0 Å². The molecule has 0 aromatic heterocycles. The molecule has 0 aliphatic carbocycles. The average Bonchev–Trinajstić information content (AvgIpc) is 1.12. The van der Waals surface area contributed by atoms with E-state index in [9.17, 15) is 0 Å². The minimum Gasteiger partial charge on any atom is 2.00 e. The summed E-state index contributed by atoms with van der Waals surface area (Å²) in [6, 6.07) is 0. The molecule has 0 radical (unpaired) electrons. The van der Waals surface area contributed by atoms with Gasteiger partial charge in [0.15, 0.2) is 0 Å². The zero-order valence-electron chi connectivity index (χ0n) is 4.79. The van der Waals surface area contributed by atoms with Gasteiger partial charge in [0.05, 0.1) is 0 Å². The van der Waals surface area contributed by atoms with Crippen LogP contribution in [0, 0.1) is 0 Å². The van der Waals surface area contributed by atoms with E-state index in [-0.39, 0.29) is 45.5 Å². The maximum Gasteiger partial charge on any atom is 2.00 e. The fraction of sp³-hybridized carbons (Fsp3) is 0. The molecule has 64 valence electrons. The number of hydrogen-bond donors (Lipinski definition) is 0. The summed E-state index contributed by atoms with van der Waals surface area (Å²) in [7, 11) is 0. The van der Waals surface area contributed by atoms with Gasteiger partial charge in [-0.25, -0.2) is 0 Å². The van der Waals surface area contributed by atoms with Crippen molar-refractivity contribution in [3.05, 3.63) is 0 Å². The van der Waals surface area contributed by atoms with Gasteiger partial charge in [0, 0.05) is 0 Å². The van der Waals surface area contributed by atoms with Gasteiger partial charge < -0.3 is 0 Å². The first-order chi connectivity index (χ1) is 4.00. The van der Waals surface area contributed by atoms with Gasteiger partial charge in [0.1, 0.15) is 0 Å². The van der Waals surface area contributed by atoms with E-state index in [1.807, 2.05) is 0 Å². The Bertz CT molecular complexity index is 208. The van der Waals surface area contributed by atoms with Crippen LogP contribution in [0.25, 0.3) is 0 Å². The van der Waals surface area contributed by atoms with Crippen molar-refractivity contribution in [1.29, 1.82) is 0 Å². The molecule has 8 nitrogen and oxygen atoms in total. The third-order valence-electron chi connectivity index (χ3n) is 0. The van der Waals surface area contributed by atoms with Crippen molar-refractivity contribution in [1.82, 2.24) is 0 Å². The first-order valence-electron chi connectivity index (χ1n) is 1.33. The van der Waals surface area contributed by atoms with Crippen molar-refractivity contribution in [2.24, 2.45) is 0 Å². The summed E-state index contributed by atoms with van der Waals surface area (Å²) in [5.41, 5.74) is 0. The Morgan fingerprint density at radius 2 is 0.636 bits per heavy atom. The van der Waals surface area contributed by atoms with Crippen molar-refractivity contribution in [3.63, 3.8) is 0 Å². The van der Waals surface area contributed by atoms with Crippen LogP contribution in [-0.4, -0.2) is 72.2 Å². The second kappa shape index (κ2) is 7.01. The summed E-state index contributed by atoms with van der Waals surface area (Å²) in [5, 5.41) is 0. The molecule has 0 spiro atoms. The van der Waals surface area contributed by atoms with Crippen LogP contribution in [0.3, 0.4) is 0 Å². The van der Waals surface area contributed by atoms with Crippen molar-refractivity contribution < 1.29 is 32.1 Å². The van der Waals surface area contributed by atoms with Crippen LogP contribution in [0.2, 0.25) is 0 Å². The molecule has 0 aliphatic heterocycles. The van der Waals surface area contributed by atoms with Gasteiger partial charge in [-0.15, -0.1) is 0 Å². The predicted octanol–water partition coefficient (Wildman–Crippen LogP) is -6.37. The fourth-order valence-electron chi connectivity index (χ4n) is 0. The van der Waals surface area contributed by atoms with Crippen molar-refractivity contribution in [2.75, 3.05) is 0 Å². The summed E-state index contributed by atoms with van der Waals surface area (Å²) in [6.07, 6.45) is 0. The summed E-state index contributed by atoms with van der Waals surface area (Å²) < 4.78 is 68.8. The van der Waals surface area contributed by atoms with E-state index in [0.29, 0.717) is 0 Å². The van der Waals surface area contributed by atoms with Gasteiger partial charge in [-0.1, -0.05) is 0 Å². The molecule has 0 saturated carbocycles. The third-order valence-corrected chi connectivity index (χ3v) is 0. The molecule has 0 heterocycles. The molecule has 0 bridgehead atoms. The van der Waals surface area contributed by atoms with E-state index in [2.05, 4.69) is 0 Å². The van der Waals surface area contributed by atoms with Crippen LogP contribution < -0.4 is 16.8 Å². The molecule has 0 rings (SSSR count). The zero-order chi connectivity index (χ0) is 9.00. The molecule has 0 fully saturated rings. The van der Waals surface area contributed by atoms with Crippen LogP contribution in [0.1, 0.15) is 0 Å². The van der Waals surface area contributed by atoms with Crippen molar-refractivity contribution >= 4 is 72.2 Å². The van der Waals surface area contributed by atoms with Crippen LogP contribution in [0.4, 0.5) is 0 Å². The van der Waals surface area contributed by atoms with E-state index in [4.69, 9.17) is 32.1 Å². The summed E-state index contributed by atoms with van der Waals surface area (Å²) in [5.74, 6) is 0. The standard InChI is InChI=1S/2H2O4Se.Sr/c2*1-5(2,3)4;/h2*(H2,1,2,3,4);/q;;+2/p-4. The Morgan fingerprint density at radius 1 is 0.636 bits per heavy atom. The molecule has 0 unspecified atom stereocenters.